The summed E-state index contributed by atoms with van der Waals surface area (Å²) in [6, 6.07) is 11.1. The van der Waals surface area contributed by atoms with Crippen molar-refractivity contribution >= 4 is 54.9 Å². The van der Waals surface area contributed by atoms with Crippen molar-refractivity contribution in [3.63, 3.8) is 0 Å². The molecular weight excluding hydrogens is 508 g/mol. The number of esters is 1. The van der Waals surface area contributed by atoms with E-state index in [0.717, 1.165) is 16.8 Å². The Morgan fingerprint density at radius 1 is 1.14 bits per heavy atom. The van der Waals surface area contributed by atoms with Crippen LogP contribution in [0.1, 0.15) is 22.8 Å². The van der Waals surface area contributed by atoms with Crippen molar-refractivity contribution in [1.29, 1.82) is 5.41 Å². The standard InChI is InChI=1S/C23H20N4O7S2/c1-4-36(30,31)23-26-27-19(24)16(20(28)25-22(27)35-23)10-13-8-9-17(18(11-13)33-3)34-21(29)14-6-5-7-15(12-14)32-2/h5-12,24H,4H2,1-3H3/b16-10-,24-19?. The number of hydrogen-bond donors (Lipinski definition) is 1. The normalized spacial score (nSPS) is 16.4. The van der Waals surface area contributed by atoms with Gasteiger partial charge in [0.2, 0.25) is 19.4 Å². The number of ether oxygens (including phenoxy) is 3. The van der Waals surface area contributed by atoms with Crippen molar-refractivity contribution in [3.05, 3.63) is 59.2 Å². The number of carbonyl (C=O) groups excluding carboxylic acids is 2. The van der Waals surface area contributed by atoms with Crippen LogP contribution in [0.15, 0.2) is 58.1 Å². The first kappa shape index (κ1) is 25.1. The van der Waals surface area contributed by atoms with E-state index in [4.69, 9.17) is 19.6 Å². The lowest BCUT2D eigenvalue weighted by atomic mass is 10.1. The molecule has 1 amide bonds. The van der Waals surface area contributed by atoms with Gasteiger partial charge in [-0.15, -0.1) is 5.10 Å². The van der Waals surface area contributed by atoms with Crippen LogP contribution in [0, 0.1) is 5.41 Å². The van der Waals surface area contributed by atoms with Gasteiger partial charge < -0.3 is 14.2 Å². The van der Waals surface area contributed by atoms with Crippen LogP contribution in [0.4, 0.5) is 0 Å². The lowest BCUT2D eigenvalue weighted by molar-refractivity contribution is -0.114. The number of fused-ring (bicyclic) bond motifs is 1. The van der Waals surface area contributed by atoms with Crippen LogP contribution < -0.4 is 14.2 Å². The summed E-state index contributed by atoms with van der Waals surface area (Å²) >= 11 is 0.729. The maximum atomic E-state index is 12.6. The Morgan fingerprint density at radius 2 is 1.92 bits per heavy atom. The van der Waals surface area contributed by atoms with Crippen LogP contribution in [0.25, 0.3) is 6.08 Å². The summed E-state index contributed by atoms with van der Waals surface area (Å²) in [4.78, 5) is 29.1. The monoisotopic (exact) mass is 528 g/mol. The van der Waals surface area contributed by atoms with Crippen LogP contribution in [0.5, 0.6) is 17.2 Å². The summed E-state index contributed by atoms with van der Waals surface area (Å²) in [5, 5.41) is 13.4. The summed E-state index contributed by atoms with van der Waals surface area (Å²) in [5.74, 6) is -0.949. The fraction of sp³-hybridized carbons (Fsp3) is 0.174. The minimum Gasteiger partial charge on any atom is -0.497 e. The van der Waals surface area contributed by atoms with Gasteiger partial charge >= 0.3 is 5.97 Å². The fourth-order valence-corrected chi connectivity index (χ4v) is 5.32. The van der Waals surface area contributed by atoms with E-state index in [2.05, 4.69) is 10.1 Å². The molecule has 0 spiro atoms. The van der Waals surface area contributed by atoms with Crippen molar-refractivity contribution in [3.8, 4) is 17.2 Å². The predicted molar refractivity (Wildman–Crippen MR) is 135 cm³/mol. The molecule has 2 heterocycles. The largest absolute Gasteiger partial charge is 0.497 e. The van der Waals surface area contributed by atoms with E-state index >= 15 is 0 Å². The van der Waals surface area contributed by atoms with Gasteiger partial charge in [-0.3, -0.25) is 10.2 Å². The maximum Gasteiger partial charge on any atom is 0.343 e. The molecule has 2 aromatic rings. The van der Waals surface area contributed by atoms with Gasteiger partial charge in [-0.2, -0.15) is 10.0 Å². The maximum absolute atomic E-state index is 12.6. The third kappa shape index (κ3) is 4.88. The number of amidine groups is 2. The van der Waals surface area contributed by atoms with E-state index in [0.29, 0.717) is 11.3 Å². The number of nitrogens with zero attached hydrogens (tertiary/aromatic N) is 3. The molecule has 0 unspecified atom stereocenters. The van der Waals surface area contributed by atoms with Gasteiger partial charge in [0, 0.05) is 0 Å². The summed E-state index contributed by atoms with van der Waals surface area (Å²) in [6.07, 6.45) is 1.40. The van der Waals surface area contributed by atoms with E-state index in [1.54, 1.807) is 30.3 Å². The molecule has 1 N–H and O–H groups in total. The molecule has 36 heavy (non-hydrogen) atoms. The van der Waals surface area contributed by atoms with E-state index in [1.807, 2.05) is 0 Å². The lowest BCUT2D eigenvalue weighted by Gasteiger charge is -2.20. The smallest absolute Gasteiger partial charge is 0.343 e. The molecule has 0 radical (unpaired) electrons. The highest BCUT2D eigenvalue weighted by molar-refractivity contribution is 8.42. The number of hydrogen-bond acceptors (Lipinski definition) is 10. The zero-order chi connectivity index (χ0) is 26.0. The molecule has 0 aliphatic carbocycles. The lowest BCUT2D eigenvalue weighted by Crippen LogP contribution is -2.35. The van der Waals surface area contributed by atoms with E-state index < -0.39 is 21.7 Å². The van der Waals surface area contributed by atoms with Gasteiger partial charge in [-0.05, 0) is 53.7 Å². The molecule has 0 saturated carbocycles. The zero-order valence-electron chi connectivity index (χ0n) is 19.3. The highest BCUT2D eigenvalue weighted by Gasteiger charge is 2.39. The highest BCUT2D eigenvalue weighted by atomic mass is 32.3. The van der Waals surface area contributed by atoms with Gasteiger partial charge in [0.25, 0.3) is 5.91 Å². The number of hydrazone groups is 1. The Morgan fingerprint density at radius 3 is 2.61 bits per heavy atom. The third-order valence-corrected chi connectivity index (χ3v) is 8.18. The number of carbonyl (C=O) groups is 2. The molecular formula is C23H20N4O7S2. The third-order valence-electron chi connectivity index (χ3n) is 5.09. The van der Waals surface area contributed by atoms with E-state index in [9.17, 15) is 18.0 Å². The van der Waals surface area contributed by atoms with Crippen LogP contribution in [0.3, 0.4) is 0 Å². The van der Waals surface area contributed by atoms with Gasteiger partial charge in [0.05, 0.1) is 31.1 Å². The first-order valence-electron chi connectivity index (χ1n) is 10.4. The van der Waals surface area contributed by atoms with Crippen LogP contribution in [-0.2, 0) is 14.6 Å². The Kier molecular flexibility index (Phi) is 6.95. The van der Waals surface area contributed by atoms with E-state index in [-0.39, 0.29) is 43.8 Å². The quantitative estimate of drug-likeness (QED) is 0.339. The minimum atomic E-state index is -3.62. The number of sulfone groups is 1. The van der Waals surface area contributed by atoms with Gasteiger partial charge in [0.1, 0.15) is 5.75 Å². The van der Waals surface area contributed by atoms with Gasteiger partial charge in [-0.1, -0.05) is 19.1 Å². The van der Waals surface area contributed by atoms with Crippen molar-refractivity contribution < 1.29 is 32.2 Å². The Hall–Kier alpha value is -3.97. The molecule has 4 rings (SSSR count). The summed E-state index contributed by atoms with van der Waals surface area (Å²) in [6.45, 7) is 1.48. The second-order valence-electron chi connectivity index (χ2n) is 7.32. The number of amides is 1. The van der Waals surface area contributed by atoms with Crippen LogP contribution in [0.2, 0.25) is 0 Å². The van der Waals surface area contributed by atoms with Crippen LogP contribution >= 0.6 is 11.8 Å². The number of rotatable bonds is 6. The Bertz CT molecular complexity index is 1480. The molecule has 2 aliphatic heterocycles. The van der Waals surface area contributed by atoms with E-state index in [1.165, 1.54) is 39.4 Å². The average Bonchev–Trinajstić information content (AvgIpc) is 3.32. The number of thioether (sulfide) groups is 1. The molecule has 186 valence electrons. The number of benzene rings is 2. The number of methoxy groups -OCH3 is 2. The molecule has 0 aromatic heterocycles. The SMILES string of the molecule is CCS(=O)(=O)C1=NN2C(=N)/C(=C/c3ccc(OC(=O)c4cccc(OC)c4)c(OC)c3)C(=O)N=C2S1. The zero-order valence-corrected chi connectivity index (χ0v) is 21.0. The first-order chi connectivity index (χ1) is 17.2. The molecule has 0 fully saturated rings. The molecule has 0 bridgehead atoms. The summed E-state index contributed by atoms with van der Waals surface area (Å²) in [7, 11) is -0.738. The fourth-order valence-electron chi connectivity index (χ4n) is 3.16. The molecule has 0 saturated heterocycles. The van der Waals surface area contributed by atoms with Crippen molar-refractivity contribution in [1.82, 2.24) is 5.01 Å². The van der Waals surface area contributed by atoms with Crippen molar-refractivity contribution in [2.24, 2.45) is 10.1 Å². The highest BCUT2D eigenvalue weighted by Crippen LogP contribution is 2.33. The molecule has 0 atom stereocenters. The minimum absolute atomic E-state index is 0.00607. The summed E-state index contributed by atoms with van der Waals surface area (Å²) in [5.41, 5.74) is 0.643. The number of aliphatic imine (C=N–C) groups is 1. The second-order valence-corrected chi connectivity index (χ2v) is 10.7. The molecule has 2 aliphatic rings. The summed E-state index contributed by atoms with van der Waals surface area (Å²) < 4.78 is 40.0. The average molecular weight is 529 g/mol. The Balaban J connectivity index is 1.60. The molecule has 13 heteroatoms. The first-order valence-corrected chi connectivity index (χ1v) is 12.9. The van der Waals surface area contributed by atoms with Crippen molar-refractivity contribution in [2.45, 2.75) is 6.92 Å². The topological polar surface area (TPSA) is 148 Å². The molecule has 11 nitrogen and oxygen atoms in total. The Labute approximate surface area is 210 Å². The van der Waals surface area contributed by atoms with Crippen LogP contribution in [-0.4, -0.2) is 60.7 Å². The van der Waals surface area contributed by atoms with Gasteiger partial charge in [0.15, 0.2) is 17.3 Å². The second kappa shape index (κ2) is 9.95. The predicted octanol–water partition coefficient (Wildman–Crippen LogP) is 2.93. The number of nitrogens with one attached hydrogen (secondary N) is 1. The van der Waals surface area contributed by atoms with Gasteiger partial charge in [-0.25, -0.2) is 13.2 Å². The molecule has 2 aromatic carbocycles. The van der Waals surface area contributed by atoms with Crippen molar-refractivity contribution in [2.75, 3.05) is 20.0 Å².